The van der Waals surface area contributed by atoms with Crippen molar-refractivity contribution in [2.75, 3.05) is 18.4 Å². The first kappa shape index (κ1) is 7.61. The number of rotatable bonds is 2. The molecule has 2 N–H and O–H groups in total. The average molecular weight is 167 g/mol. The summed E-state index contributed by atoms with van der Waals surface area (Å²) in [6.45, 7) is 4.80. The molecule has 1 aliphatic rings. The number of fused-ring (bicyclic) bond motifs is 1. The van der Waals surface area contributed by atoms with Crippen LogP contribution < -0.4 is 10.6 Å². The lowest BCUT2D eigenvalue weighted by Gasteiger charge is -2.10. The zero-order valence-electron chi connectivity index (χ0n) is 7.18. The third-order valence-corrected chi connectivity index (χ3v) is 2.05. The van der Waals surface area contributed by atoms with Crippen molar-refractivity contribution in [3.63, 3.8) is 0 Å². The van der Waals surface area contributed by atoms with Crippen molar-refractivity contribution in [2.24, 2.45) is 0 Å². The second-order valence-electron chi connectivity index (χ2n) is 2.89. The molecule has 1 aromatic heterocycles. The van der Waals surface area contributed by atoms with Crippen LogP contribution in [0.1, 0.15) is 18.2 Å². The lowest BCUT2D eigenvalue weighted by Crippen LogP contribution is -2.23. The van der Waals surface area contributed by atoms with Gasteiger partial charge in [0.05, 0.1) is 11.3 Å². The van der Waals surface area contributed by atoms with Crippen LogP contribution in [-0.4, -0.2) is 18.2 Å². The van der Waals surface area contributed by atoms with E-state index in [4.69, 9.17) is 4.52 Å². The van der Waals surface area contributed by atoms with Gasteiger partial charge < -0.3 is 15.2 Å². The van der Waals surface area contributed by atoms with E-state index < -0.39 is 0 Å². The van der Waals surface area contributed by atoms with Gasteiger partial charge in [-0.3, -0.25) is 0 Å². The van der Waals surface area contributed by atoms with Crippen molar-refractivity contribution in [3.8, 4) is 0 Å². The normalized spacial score (nSPS) is 15.8. The first-order valence-electron chi connectivity index (χ1n) is 4.34. The Morgan fingerprint density at radius 1 is 1.67 bits per heavy atom. The fourth-order valence-corrected chi connectivity index (χ4v) is 1.44. The summed E-state index contributed by atoms with van der Waals surface area (Å²) >= 11 is 0. The molecular formula is C8H13N3O. The summed E-state index contributed by atoms with van der Waals surface area (Å²) in [5, 5.41) is 10.4. The highest BCUT2D eigenvalue weighted by atomic mass is 16.5. The first-order valence-corrected chi connectivity index (χ1v) is 4.34. The lowest BCUT2D eigenvalue weighted by atomic mass is 10.1. The van der Waals surface area contributed by atoms with E-state index in [-0.39, 0.29) is 0 Å². The van der Waals surface area contributed by atoms with Gasteiger partial charge >= 0.3 is 0 Å². The molecule has 0 unspecified atom stereocenters. The summed E-state index contributed by atoms with van der Waals surface area (Å²) in [5.41, 5.74) is 2.30. The van der Waals surface area contributed by atoms with Gasteiger partial charge in [-0.05, 0) is 6.92 Å². The Morgan fingerprint density at radius 2 is 2.58 bits per heavy atom. The molecule has 0 radical (unpaired) electrons. The minimum atomic E-state index is 0.833. The number of hydrogen-bond acceptors (Lipinski definition) is 4. The fourth-order valence-electron chi connectivity index (χ4n) is 1.44. The zero-order valence-corrected chi connectivity index (χ0v) is 7.18. The number of nitrogens with zero attached hydrogens (tertiary/aromatic N) is 1. The van der Waals surface area contributed by atoms with Crippen LogP contribution in [0.15, 0.2) is 4.52 Å². The number of anilines is 1. The second-order valence-corrected chi connectivity index (χ2v) is 2.89. The molecule has 4 heteroatoms. The summed E-state index contributed by atoms with van der Waals surface area (Å²) in [4.78, 5) is 0. The molecule has 0 saturated heterocycles. The van der Waals surface area contributed by atoms with Gasteiger partial charge in [-0.1, -0.05) is 5.16 Å². The lowest BCUT2D eigenvalue weighted by molar-refractivity contribution is 0.424. The summed E-state index contributed by atoms with van der Waals surface area (Å²) in [5.74, 6) is 0.833. The van der Waals surface area contributed by atoms with Crippen LogP contribution in [0.5, 0.6) is 0 Å². The fraction of sp³-hybridized carbons (Fsp3) is 0.625. The Hall–Kier alpha value is -1.03. The quantitative estimate of drug-likeness (QED) is 0.682. The van der Waals surface area contributed by atoms with E-state index in [0.717, 1.165) is 37.6 Å². The van der Waals surface area contributed by atoms with E-state index in [1.807, 2.05) is 6.92 Å². The molecule has 4 nitrogen and oxygen atoms in total. The van der Waals surface area contributed by atoms with Gasteiger partial charge in [0.2, 0.25) is 5.88 Å². The maximum atomic E-state index is 5.16. The largest absolute Gasteiger partial charge is 0.354 e. The molecule has 0 aromatic carbocycles. The Kier molecular flexibility index (Phi) is 1.99. The molecule has 2 heterocycles. The third-order valence-electron chi connectivity index (χ3n) is 2.05. The molecule has 1 aromatic rings. The molecule has 66 valence electrons. The standard InChI is InChI=1S/C8H13N3O/c1-2-10-8-6-5-9-4-3-7(6)11-12-8/h9-10H,2-5H2,1H3. The van der Waals surface area contributed by atoms with Crippen LogP contribution in [0, 0.1) is 0 Å². The van der Waals surface area contributed by atoms with Crippen molar-refractivity contribution in [2.45, 2.75) is 19.9 Å². The van der Waals surface area contributed by atoms with Gasteiger partial charge in [-0.2, -0.15) is 0 Å². The minimum Gasteiger partial charge on any atom is -0.354 e. The summed E-state index contributed by atoms with van der Waals surface area (Å²) < 4.78 is 5.16. The van der Waals surface area contributed by atoms with Crippen molar-refractivity contribution < 1.29 is 4.52 Å². The molecular weight excluding hydrogens is 154 g/mol. The van der Waals surface area contributed by atoms with E-state index in [9.17, 15) is 0 Å². The molecule has 0 aliphatic carbocycles. The van der Waals surface area contributed by atoms with Crippen molar-refractivity contribution in [1.82, 2.24) is 10.5 Å². The molecule has 0 fully saturated rings. The van der Waals surface area contributed by atoms with E-state index in [1.54, 1.807) is 0 Å². The predicted molar refractivity (Wildman–Crippen MR) is 46.1 cm³/mol. The second kappa shape index (κ2) is 3.15. The van der Waals surface area contributed by atoms with Crippen LogP contribution in [0.4, 0.5) is 5.88 Å². The number of aromatic nitrogens is 1. The molecule has 2 rings (SSSR count). The summed E-state index contributed by atoms with van der Waals surface area (Å²) in [6, 6.07) is 0. The number of hydrogen-bond donors (Lipinski definition) is 2. The Balaban J connectivity index is 2.25. The van der Waals surface area contributed by atoms with Gasteiger partial charge in [-0.25, -0.2) is 0 Å². The maximum Gasteiger partial charge on any atom is 0.229 e. The molecule has 0 atom stereocenters. The van der Waals surface area contributed by atoms with Crippen LogP contribution in [0.2, 0.25) is 0 Å². The van der Waals surface area contributed by atoms with Gasteiger partial charge in [0.25, 0.3) is 0 Å². The highest BCUT2D eigenvalue weighted by Crippen LogP contribution is 2.21. The van der Waals surface area contributed by atoms with E-state index in [2.05, 4.69) is 15.8 Å². The monoisotopic (exact) mass is 167 g/mol. The van der Waals surface area contributed by atoms with Crippen LogP contribution in [-0.2, 0) is 13.0 Å². The van der Waals surface area contributed by atoms with Gasteiger partial charge in [0.1, 0.15) is 0 Å². The molecule has 0 amide bonds. The molecule has 1 aliphatic heterocycles. The van der Waals surface area contributed by atoms with E-state index >= 15 is 0 Å². The first-order chi connectivity index (χ1) is 5.92. The number of nitrogens with one attached hydrogen (secondary N) is 2. The van der Waals surface area contributed by atoms with Gasteiger partial charge in [0, 0.05) is 26.1 Å². The van der Waals surface area contributed by atoms with Crippen LogP contribution in [0.25, 0.3) is 0 Å². The Bertz CT molecular complexity index is 269. The highest BCUT2D eigenvalue weighted by Gasteiger charge is 2.17. The topological polar surface area (TPSA) is 50.1 Å². The molecule has 0 bridgehead atoms. The van der Waals surface area contributed by atoms with Crippen LogP contribution in [0.3, 0.4) is 0 Å². The Labute approximate surface area is 71.3 Å². The van der Waals surface area contributed by atoms with Crippen molar-refractivity contribution in [1.29, 1.82) is 0 Å². The van der Waals surface area contributed by atoms with Crippen molar-refractivity contribution in [3.05, 3.63) is 11.3 Å². The minimum absolute atomic E-state index is 0.833. The molecule has 0 spiro atoms. The smallest absolute Gasteiger partial charge is 0.229 e. The van der Waals surface area contributed by atoms with E-state index in [1.165, 1.54) is 5.56 Å². The van der Waals surface area contributed by atoms with Crippen molar-refractivity contribution >= 4 is 5.88 Å². The maximum absolute atomic E-state index is 5.16. The average Bonchev–Trinajstić information content (AvgIpc) is 2.50. The van der Waals surface area contributed by atoms with Gasteiger partial charge in [-0.15, -0.1) is 0 Å². The highest BCUT2D eigenvalue weighted by molar-refractivity contribution is 5.44. The third kappa shape index (κ3) is 1.18. The van der Waals surface area contributed by atoms with E-state index in [0.29, 0.717) is 0 Å². The molecule has 0 saturated carbocycles. The summed E-state index contributed by atoms with van der Waals surface area (Å²) in [6.07, 6.45) is 0.976. The SMILES string of the molecule is CCNc1onc2c1CNCC2. The Morgan fingerprint density at radius 3 is 3.42 bits per heavy atom. The predicted octanol–water partition coefficient (Wildman–Crippen LogP) is 0.752. The van der Waals surface area contributed by atoms with Crippen LogP contribution >= 0.6 is 0 Å². The zero-order chi connectivity index (χ0) is 8.39. The van der Waals surface area contributed by atoms with Gasteiger partial charge in [0.15, 0.2) is 0 Å². The summed E-state index contributed by atoms with van der Waals surface area (Å²) in [7, 11) is 0. The molecule has 12 heavy (non-hydrogen) atoms.